The zero-order valence-electron chi connectivity index (χ0n) is 25.5. The van der Waals surface area contributed by atoms with Gasteiger partial charge in [0.25, 0.3) is 0 Å². The van der Waals surface area contributed by atoms with Gasteiger partial charge in [0.05, 0.1) is 6.54 Å². The van der Waals surface area contributed by atoms with Gasteiger partial charge in [-0.1, -0.05) is 36.4 Å². The molecule has 7 rings (SSSR count). The number of aliphatic hydroxyl groups is 1. The second-order valence-corrected chi connectivity index (χ2v) is 12.1. The number of pyridine rings is 1. The number of benzene rings is 3. The Bertz CT molecular complexity index is 1840. The minimum atomic E-state index is -3.85. The maximum Gasteiger partial charge on any atom is 0.323 e. The fourth-order valence-corrected chi connectivity index (χ4v) is 6.36. The number of nitrogens with zero attached hydrogens (tertiary/aromatic N) is 8. The quantitative estimate of drug-likeness (QED) is 0.273. The van der Waals surface area contributed by atoms with E-state index in [1.807, 2.05) is 24.3 Å². The molecule has 5 aromatic rings. The molecule has 2 aliphatic heterocycles. The second-order valence-electron chi connectivity index (χ2n) is 12.1. The van der Waals surface area contributed by atoms with E-state index < -0.39 is 29.6 Å². The molecule has 4 heterocycles. The van der Waals surface area contributed by atoms with Gasteiger partial charge in [-0.3, -0.25) is 4.98 Å². The summed E-state index contributed by atoms with van der Waals surface area (Å²) in [5.41, 5.74) is 1.58. The van der Waals surface area contributed by atoms with Crippen molar-refractivity contribution < 1.29 is 18.3 Å². The van der Waals surface area contributed by atoms with Gasteiger partial charge >= 0.3 is 5.92 Å². The fraction of sp³-hybridized carbons (Fsp3) is 0.294. The molecule has 46 heavy (non-hydrogen) atoms. The number of tetrazole rings is 1. The Morgan fingerprint density at radius 3 is 2.09 bits per heavy atom. The summed E-state index contributed by atoms with van der Waals surface area (Å²) in [6.45, 7) is 3.89. The van der Waals surface area contributed by atoms with Crippen LogP contribution >= 0.6 is 0 Å². The van der Waals surface area contributed by atoms with Crippen LogP contribution in [0.1, 0.15) is 16.8 Å². The first-order valence-corrected chi connectivity index (χ1v) is 15.1. The van der Waals surface area contributed by atoms with E-state index in [4.69, 9.17) is 0 Å². The van der Waals surface area contributed by atoms with Gasteiger partial charge in [-0.05, 0) is 78.1 Å². The van der Waals surface area contributed by atoms with Crippen molar-refractivity contribution in [3.8, 4) is 22.5 Å². The molecule has 1 N–H and O–H groups in total. The Morgan fingerprint density at radius 2 is 1.48 bits per heavy atom. The summed E-state index contributed by atoms with van der Waals surface area (Å²) in [5, 5.41) is 22.6. The molecule has 9 nitrogen and oxygen atoms in total. The topological polar surface area (TPSA) is 86.4 Å². The van der Waals surface area contributed by atoms with Crippen molar-refractivity contribution >= 4 is 11.4 Å². The first-order chi connectivity index (χ1) is 22.1. The van der Waals surface area contributed by atoms with E-state index in [1.54, 1.807) is 6.07 Å². The van der Waals surface area contributed by atoms with Gasteiger partial charge in [-0.15, -0.1) is 5.10 Å². The van der Waals surface area contributed by atoms with Crippen LogP contribution < -0.4 is 9.80 Å². The minimum Gasteiger partial charge on any atom is -0.377 e. The molecule has 1 fully saturated rings. The van der Waals surface area contributed by atoms with Gasteiger partial charge in [0.2, 0.25) is 0 Å². The summed E-state index contributed by atoms with van der Waals surface area (Å²) in [5.74, 6) is -4.39. The zero-order chi connectivity index (χ0) is 32.1. The van der Waals surface area contributed by atoms with Crippen LogP contribution in [-0.2, 0) is 24.6 Å². The molecule has 2 aromatic heterocycles. The van der Waals surface area contributed by atoms with E-state index in [2.05, 4.69) is 73.6 Å². The lowest BCUT2D eigenvalue weighted by molar-refractivity contribution is -0.207. The summed E-state index contributed by atoms with van der Waals surface area (Å²) in [6, 6.07) is 22.7. The van der Waals surface area contributed by atoms with Crippen molar-refractivity contribution in [3.05, 3.63) is 108 Å². The third-order valence-corrected chi connectivity index (χ3v) is 8.83. The molecule has 3 aromatic carbocycles. The highest BCUT2D eigenvalue weighted by Gasteiger charge is 2.59. The van der Waals surface area contributed by atoms with Crippen LogP contribution in [0.15, 0.2) is 85.1 Å². The van der Waals surface area contributed by atoms with Crippen LogP contribution in [0.25, 0.3) is 22.5 Å². The van der Waals surface area contributed by atoms with Gasteiger partial charge in [0.1, 0.15) is 11.5 Å². The molecule has 0 amide bonds. The molecule has 1 atom stereocenters. The highest BCUT2D eigenvalue weighted by molar-refractivity contribution is 5.67. The maximum absolute atomic E-state index is 16.1. The first-order valence-electron chi connectivity index (χ1n) is 15.1. The van der Waals surface area contributed by atoms with Crippen molar-refractivity contribution in [1.82, 2.24) is 30.1 Å². The minimum absolute atomic E-state index is 0.00539. The average Bonchev–Trinajstić information content (AvgIpc) is 3.53. The summed E-state index contributed by atoms with van der Waals surface area (Å²) in [6.07, 6.45) is 1.38. The number of alkyl halides is 2. The summed E-state index contributed by atoms with van der Waals surface area (Å²) < 4.78 is 47.3. The van der Waals surface area contributed by atoms with Gasteiger partial charge in [0.15, 0.2) is 11.4 Å². The highest BCUT2D eigenvalue weighted by Crippen LogP contribution is 2.50. The second kappa shape index (κ2) is 11.5. The molecule has 1 saturated heterocycles. The standard InChI is InChI=1S/C34H33F3N8O/c1-42(2)21-23-3-9-27(10-4-23)43-15-17-44(18-16-43)28-11-5-24(6-12-28)25-7-14-31(38-20-25)34(36,37)33(46)22-45-32(39-40-41-45)29-19-26(35)8-13-30(29)33/h3-14,19-20,46H,15-18,21-22H2,1-2H3/t33-/m0/s1. The number of hydrogen-bond donors (Lipinski definition) is 1. The number of aromatic nitrogens is 5. The maximum atomic E-state index is 16.1. The van der Waals surface area contributed by atoms with Crippen LogP contribution in [0.4, 0.5) is 24.5 Å². The molecule has 12 heteroatoms. The molecular weight excluding hydrogens is 593 g/mol. The summed E-state index contributed by atoms with van der Waals surface area (Å²) in [7, 11) is 4.13. The van der Waals surface area contributed by atoms with Gasteiger partial charge < -0.3 is 19.8 Å². The van der Waals surface area contributed by atoms with E-state index in [0.29, 0.717) is 5.56 Å². The normalized spacial score (nSPS) is 18.1. The highest BCUT2D eigenvalue weighted by atomic mass is 19.3. The molecule has 0 spiro atoms. The smallest absolute Gasteiger partial charge is 0.323 e. The van der Waals surface area contributed by atoms with Gasteiger partial charge in [-0.25, -0.2) is 9.07 Å². The molecule has 0 radical (unpaired) electrons. The fourth-order valence-electron chi connectivity index (χ4n) is 6.36. The summed E-state index contributed by atoms with van der Waals surface area (Å²) in [4.78, 5) is 11.0. The number of halogens is 3. The zero-order valence-corrected chi connectivity index (χ0v) is 25.5. The number of rotatable bonds is 7. The Balaban J connectivity index is 1.04. The monoisotopic (exact) mass is 626 g/mol. The largest absolute Gasteiger partial charge is 0.377 e. The van der Waals surface area contributed by atoms with Crippen LogP contribution in [0.3, 0.4) is 0 Å². The molecule has 0 bridgehead atoms. The number of fused-ring (bicyclic) bond motifs is 3. The SMILES string of the molecule is CN(C)Cc1ccc(N2CCN(c3ccc(-c4ccc(C(F)(F)[C@]5(O)Cn6nnnc6-c6cc(F)ccc65)nc4)cc3)CC2)cc1. The predicted octanol–water partition coefficient (Wildman–Crippen LogP) is 4.92. The van der Waals surface area contributed by atoms with Crippen molar-refractivity contribution in [3.63, 3.8) is 0 Å². The van der Waals surface area contributed by atoms with Crippen molar-refractivity contribution in [1.29, 1.82) is 0 Å². The average molecular weight is 627 g/mol. The van der Waals surface area contributed by atoms with E-state index in [-0.39, 0.29) is 17.0 Å². The van der Waals surface area contributed by atoms with Crippen molar-refractivity contribution in [2.24, 2.45) is 0 Å². The summed E-state index contributed by atoms with van der Waals surface area (Å²) >= 11 is 0. The van der Waals surface area contributed by atoms with E-state index in [1.165, 1.54) is 23.5 Å². The lowest BCUT2D eigenvalue weighted by Crippen LogP contribution is -2.49. The number of hydrogen-bond acceptors (Lipinski definition) is 8. The Morgan fingerprint density at radius 1 is 0.848 bits per heavy atom. The van der Waals surface area contributed by atoms with E-state index in [0.717, 1.165) is 66.9 Å². The van der Waals surface area contributed by atoms with E-state index >= 15 is 8.78 Å². The van der Waals surface area contributed by atoms with Gasteiger partial charge in [0, 0.05) is 67.0 Å². The molecule has 236 valence electrons. The van der Waals surface area contributed by atoms with E-state index in [9.17, 15) is 9.50 Å². The van der Waals surface area contributed by atoms with Crippen LogP contribution in [-0.4, -0.2) is 75.5 Å². The Hall–Kier alpha value is -4.81. The first kappa shape index (κ1) is 29.9. The third kappa shape index (κ3) is 5.27. The van der Waals surface area contributed by atoms with Crippen molar-refractivity contribution in [2.45, 2.75) is 24.6 Å². The third-order valence-electron chi connectivity index (χ3n) is 8.83. The molecule has 2 aliphatic rings. The predicted molar refractivity (Wildman–Crippen MR) is 169 cm³/mol. The number of piperazine rings is 1. The Kier molecular flexibility index (Phi) is 7.48. The molecule has 0 saturated carbocycles. The lowest BCUT2D eigenvalue weighted by atomic mass is 9.80. The Labute approximate surface area is 264 Å². The van der Waals surface area contributed by atoms with Crippen LogP contribution in [0.2, 0.25) is 0 Å². The van der Waals surface area contributed by atoms with Gasteiger partial charge in [-0.2, -0.15) is 8.78 Å². The molecule has 0 unspecified atom stereocenters. The number of anilines is 2. The van der Waals surface area contributed by atoms with Crippen LogP contribution in [0, 0.1) is 5.82 Å². The molecule has 0 aliphatic carbocycles. The van der Waals surface area contributed by atoms with Crippen molar-refractivity contribution in [2.75, 3.05) is 50.1 Å². The van der Waals surface area contributed by atoms with Crippen LogP contribution in [0.5, 0.6) is 0 Å². The lowest BCUT2D eigenvalue weighted by Gasteiger charge is -2.39. The molecular formula is C34H33F3N8O.